The summed E-state index contributed by atoms with van der Waals surface area (Å²) in [5.41, 5.74) is 4.20. The van der Waals surface area contributed by atoms with E-state index in [0.717, 1.165) is 24.0 Å². The highest BCUT2D eigenvalue weighted by Gasteiger charge is 2.37. The minimum atomic E-state index is -1.79. The standard InChI is InChI=1S/C22H30ClN5OSi/c1-22(2,3)30(4,5)29-13-12-28-14-24-18-19(26-21(23)27-20(18)28)25-17-11-10-15-8-6-7-9-16(15)17/h6-9,14,17H,10-13H2,1-5H3,(H,25,26,27). The Morgan fingerprint density at radius 2 is 2.00 bits per heavy atom. The minimum absolute atomic E-state index is 0.185. The summed E-state index contributed by atoms with van der Waals surface area (Å²) in [6, 6.07) is 8.75. The van der Waals surface area contributed by atoms with Crippen LogP contribution in [-0.4, -0.2) is 34.4 Å². The molecule has 3 aromatic rings. The molecule has 0 spiro atoms. The van der Waals surface area contributed by atoms with E-state index < -0.39 is 8.32 Å². The Morgan fingerprint density at radius 1 is 1.23 bits per heavy atom. The normalized spacial score (nSPS) is 16.8. The van der Waals surface area contributed by atoms with Crippen molar-refractivity contribution < 1.29 is 4.43 Å². The lowest BCUT2D eigenvalue weighted by Crippen LogP contribution is -2.41. The average molecular weight is 444 g/mol. The van der Waals surface area contributed by atoms with Gasteiger partial charge >= 0.3 is 0 Å². The van der Waals surface area contributed by atoms with Crippen molar-refractivity contribution in [2.75, 3.05) is 11.9 Å². The van der Waals surface area contributed by atoms with Crippen molar-refractivity contribution in [3.8, 4) is 0 Å². The van der Waals surface area contributed by atoms with Crippen LogP contribution >= 0.6 is 11.6 Å². The molecule has 1 N–H and O–H groups in total. The molecule has 160 valence electrons. The van der Waals surface area contributed by atoms with E-state index in [9.17, 15) is 0 Å². The number of rotatable bonds is 6. The lowest BCUT2D eigenvalue weighted by molar-refractivity contribution is 0.273. The number of halogens is 1. The summed E-state index contributed by atoms with van der Waals surface area (Å²) in [5.74, 6) is 0.691. The maximum absolute atomic E-state index is 6.32. The quantitative estimate of drug-likeness (QED) is 0.396. The van der Waals surface area contributed by atoms with Crippen LogP contribution in [0.25, 0.3) is 11.2 Å². The molecule has 0 amide bonds. The highest BCUT2D eigenvalue weighted by Crippen LogP contribution is 2.37. The van der Waals surface area contributed by atoms with E-state index in [1.807, 2.05) is 4.57 Å². The zero-order valence-corrected chi connectivity index (χ0v) is 20.1. The molecular formula is C22H30ClN5OSi. The van der Waals surface area contributed by atoms with E-state index >= 15 is 0 Å². The molecule has 1 unspecified atom stereocenters. The Morgan fingerprint density at radius 3 is 2.77 bits per heavy atom. The highest BCUT2D eigenvalue weighted by molar-refractivity contribution is 6.74. The summed E-state index contributed by atoms with van der Waals surface area (Å²) in [4.78, 5) is 13.5. The summed E-state index contributed by atoms with van der Waals surface area (Å²) in [5, 5.41) is 3.97. The SMILES string of the molecule is CC(C)(C)[Si](C)(C)OCCn1cnc2c(NC3CCc4ccccc43)nc(Cl)nc21. The van der Waals surface area contributed by atoms with Crippen LogP contribution in [0.15, 0.2) is 30.6 Å². The Kier molecular flexibility index (Phi) is 5.63. The number of aryl methyl sites for hydroxylation is 1. The van der Waals surface area contributed by atoms with Gasteiger partial charge in [0.15, 0.2) is 25.3 Å². The van der Waals surface area contributed by atoms with Crippen molar-refractivity contribution >= 4 is 36.9 Å². The minimum Gasteiger partial charge on any atom is -0.415 e. The fraction of sp³-hybridized carbons (Fsp3) is 0.500. The van der Waals surface area contributed by atoms with Crippen molar-refractivity contribution in [3.63, 3.8) is 0 Å². The number of anilines is 1. The predicted octanol–water partition coefficient (Wildman–Crippen LogP) is 5.60. The second-order valence-electron chi connectivity index (χ2n) is 9.49. The van der Waals surface area contributed by atoms with Crippen LogP contribution in [0.1, 0.15) is 44.4 Å². The first-order chi connectivity index (χ1) is 14.2. The number of benzene rings is 1. The Bertz CT molecular complexity index is 1060. The Hall–Kier alpha value is -1.96. The average Bonchev–Trinajstić information content (AvgIpc) is 3.25. The molecule has 0 bridgehead atoms. The highest BCUT2D eigenvalue weighted by atomic mass is 35.5. The zero-order valence-electron chi connectivity index (χ0n) is 18.4. The molecule has 1 aliphatic rings. The van der Waals surface area contributed by atoms with Crippen LogP contribution in [-0.2, 0) is 17.4 Å². The van der Waals surface area contributed by atoms with Gasteiger partial charge in [0.25, 0.3) is 0 Å². The second kappa shape index (κ2) is 7.94. The van der Waals surface area contributed by atoms with Crippen molar-refractivity contribution in [1.82, 2.24) is 19.5 Å². The van der Waals surface area contributed by atoms with Gasteiger partial charge in [0.05, 0.1) is 19.0 Å². The molecule has 30 heavy (non-hydrogen) atoms. The Labute approximate surface area is 184 Å². The van der Waals surface area contributed by atoms with E-state index in [-0.39, 0.29) is 16.4 Å². The first-order valence-corrected chi connectivity index (χ1v) is 13.8. The van der Waals surface area contributed by atoms with Gasteiger partial charge in [-0.25, -0.2) is 4.98 Å². The van der Waals surface area contributed by atoms with E-state index in [4.69, 9.17) is 16.0 Å². The number of aromatic nitrogens is 4. The van der Waals surface area contributed by atoms with E-state index in [0.29, 0.717) is 19.0 Å². The van der Waals surface area contributed by atoms with Crippen molar-refractivity contribution in [3.05, 3.63) is 47.0 Å². The van der Waals surface area contributed by atoms with Crippen LogP contribution in [0.5, 0.6) is 0 Å². The van der Waals surface area contributed by atoms with Gasteiger partial charge < -0.3 is 14.3 Å². The second-order valence-corrected chi connectivity index (χ2v) is 14.6. The number of imidazole rings is 1. The van der Waals surface area contributed by atoms with E-state index in [1.165, 1.54) is 11.1 Å². The first kappa shape index (κ1) is 21.3. The van der Waals surface area contributed by atoms with Gasteiger partial charge in [0.2, 0.25) is 5.28 Å². The number of nitrogens with one attached hydrogen (secondary N) is 1. The van der Waals surface area contributed by atoms with Gasteiger partial charge in [0, 0.05) is 6.54 Å². The van der Waals surface area contributed by atoms with Crippen molar-refractivity contribution in [2.45, 2.75) is 64.3 Å². The third-order valence-corrected chi connectivity index (χ3v) is 11.2. The van der Waals surface area contributed by atoms with E-state index in [2.05, 4.69) is 78.4 Å². The van der Waals surface area contributed by atoms with Crippen LogP contribution < -0.4 is 5.32 Å². The lowest BCUT2D eigenvalue weighted by atomic mass is 10.1. The summed E-state index contributed by atoms with van der Waals surface area (Å²) in [6.45, 7) is 12.6. The maximum Gasteiger partial charge on any atom is 0.226 e. The zero-order chi connectivity index (χ0) is 21.5. The summed E-state index contributed by atoms with van der Waals surface area (Å²) >= 11 is 6.28. The van der Waals surface area contributed by atoms with E-state index in [1.54, 1.807) is 6.33 Å². The van der Waals surface area contributed by atoms with Gasteiger partial charge in [-0.15, -0.1) is 0 Å². The molecule has 0 saturated carbocycles. The van der Waals surface area contributed by atoms with Crippen LogP contribution in [0.2, 0.25) is 23.4 Å². The summed E-state index contributed by atoms with van der Waals surface area (Å²) < 4.78 is 8.33. The topological polar surface area (TPSA) is 64.9 Å². The molecule has 4 rings (SSSR count). The third kappa shape index (κ3) is 4.11. The monoisotopic (exact) mass is 443 g/mol. The van der Waals surface area contributed by atoms with Crippen LogP contribution in [0, 0.1) is 0 Å². The molecule has 0 radical (unpaired) electrons. The third-order valence-electron chi connectivity index (χ3n) is 6.48. The summed E-state index contributed by atoms with van der Waals surface area (Å²) in [6.07, 6.45) is 3.90. The molecule has 1 aromatic carbocycles. The van der Waals surface area contributed by atoms with Crippen molar-refractivity contribution in [2.24, 2.45) is 0 Å². The molecular weight excluding hydrogens is 414 g/mol. The van der Waals surface area contributed by atoms with Crippen LogP contribution in [0.3, 0.4) is 0 Å². The molecule has 6 nitrogen and oxygen atoms in total. The van der Waals surface area contributed by atoms with Gasteiger partial charge in [-0.1, -0.05) is 45.0 Å². The number of hydrogen-bond donors (Lipinski definition) is 1. The number of hydrogen-bond acceptors (Lipinski definition) is 5. The Balaban J connectivity index is 1.54. The maximum atomic E-state index is 6.32. The number of nitrogens with zero attached hydrogens (tertiary/aromatic N) is 4. The van der Waals surface area contributed by atoms with Crippen LogP contribution in [0.4, 0.5) is 5.82 Å². The molecule has 8 heteroatoms. The molecule has 0 aliphatic heterocycles. The van der Waals surface area contributed by atoms with Gasteiger partial charge in [-0.05, 0) is 53.7 Å². The van der Waals surface area contributed by atoms with Crippen molar-refractivity contribution in [1.29, 1.82) is 0 Å². The fourth-order valence-corrected chi connectivity index (χ4v) is 4.87. The number of fused-ring (bicyclic) bond motifs is 2. The largest absolute Gasteiger partial charge is 0.415 e. The van der Waals surface area contributed by atoms with Gasteiger partial charge in [-0.2, -0.15) is 9.97 Å². The van der Waals surface area contributed by atoms with Gasteiger partial charge in [-0.3, -0.25) is 0 Å². The lowest BCUT2D eigenvalue weighted by Gasteiger charge is -2.36. The smallest absolute Gasteiger partial charge is 0.226 e. The molecule has 2 heterocycles. The predicted molar refractivity (Wildman–Crippen MR) is 125 cm³/mol. The fourth-order valence-electron chi connectivity index (χ4n) is 3.67. The first-order valence-electron chi connectivity index (χ1n) is 10.5. The molecule has 0 saturated heterocycles. The van der Waals surface area contributed by atoms with Gasteiger partial charge in [0.1, 0.15) is 0 Å². The molecule has 0 fully saturated rings. The molecule has 1 aliphatic carbocycles. The summed E-state index contributed by atoms with van der Waals surface area (Å²) in [7, 11) is -1.79. The molecule has 2 aromatic heterocycles. The molecule has 1 atom stereocenters.